The number of carbonyl (C=O) groups excluding carboxylic acids is 1. The molecule has 0 atom stereocenters. The molecular formula is C30H27Cl2N3O4. The third-order valence-corrected chi connectivity index (χ3v) is 7.17. The van der Waals surface area contributed by atoms with Crippen molar-refractivity contribution < 1.29 is 14.6 Å². The summed E-state index contributed by atoms with van der Waals surface area (Å²) in [5.74, 6) is -0.0207. The molecule has 0 amide bonds. The molecule has 0 unspecified atom stereocenters. The predicted octanol–water partition coefficient (Wildman–Crippen LogP) is 6.38. The van der Waals surface area contributed by atoms with Gasteiger partial charge in [-0.2, -0.15) is 0 Å². The zero-order valence-electron chi connectivity index (χ0n) is 21.3. The van der Waals surface area contributed by atoms with E-state index >= 15 is 0 Å². The minimum atomic E-state index is -0.368. The zero-order valence-corrected chi connectivity index (χ0v) is 22.8. The number of nitrogens with zero attached hydrogens (tertiary/aromatic N) is 2. The number of ketones is 1. The van der Waals surface area contributed by atoms with Crippen LogP contribution in [0, 0.1) is 0 Å². The number of halogens is 2. The number of para-hydroxylation sites is 2. The molecule has 0 aliphatic carbocycles. The maximum Gasteiger partial charge on any atom is 0.330 e. The normalized spacial score (nSPS) is 14.2. The van der Waals surface area contributed by atoms with Gasteiger partial charge in [0.15, 0.2) is 5.78 Å². The Hall–Kier alpha value is -3.78. The number of ether oxygens (including phenoxy) is 1. The second-order valence-corrected chi connectivity index (χ2v) is 10.1. The van der Waals surface area contributed by atoms with Gasteiger partial charge in [0.1, 0.15) is 11.5 Å². The second-order valence-electron chi connectivity index (χ2n) is 9.25. The van der Waals surface area contributed by atoms with E-state index in [4.69, 9.17) is 27.9 Å². The number of fused-ring (bicyclic) bond motifs is 1. The molecule has 0 fully saturated rings. The van der Waals surface area contributed by atoms with Crippen LogP contribution in [-0.4, -0.2) is 45.0 Å². The first-order valence-corrected chi connectivity index (χ1v) is 13.4. The van der Waals surface area contributed by atoms with E-state index in [2.05, 4.69) is 16.0 Å². The van der Waals surface area contributed by atoms with Gasteiger partial charge in [0.2, 0.25) is 0 Å². The highest BCUT2D eigenvalue weighted by Crippen LogP contribution is 2.32. The van der Waals surface area contributed by atoms with Crippen LogP contribution in [-0.2, 0) is 6.54 Å². The van der Waals surface area contributed by atoms with Crippen LogP contribution in [0.1, 0.15) is 34.8 Å². The van der Waals surface area contributed by atoms with Gasteiger partial charge in [-0.05, 0) is 61.4 Å². The first-order chi connectivity index (χ1) is 18.8. The second kappa shape index (κ2) is 11.5. The lowest BCUT2D eigenvalue weighted by atomic mass is 10.0. The number of imidazole rings is 1. The number of carbonyl (C=O) groups is 1. The van der Waals surface area contributed by atoms with Crippen molar-refractivity contribution in [2.45, 2.75) is 19.9 Å². The number of aromatic amines is 1. The summed E-state index contributed by atoms with van der Waals surface area (Å²) < 4.78 is 7.52. The topological polar surface area (TPSA) is 87.6 Å². The van der Waals surface area contributed by atoms with E-state index < -0.39 is 0 Å². The molecule has 5 rings (SSSR count). The van der Waals surface area contributed by atoms with Crippen molar-refractivity contribution >= 4 is 51.8 Å². The van der Waals surface area contributed by atoms with E-state index in [0.717, 1.165) is 35.3 Å². The quantitative estimate of drug-likeness (QED) is 0.192. The van der Waals surface area contributed by atoms with Gasteiger partial charge >= 0.3 is 5.69 Å². The number of phenolic OH excluding ortho intramolecular Hbond substituents is 1. The molecule has 0 saturated heterocycles. The highest BCUT2D eigenvalue weighted by atomic mass is 35.5. The lowest BCUT2D eigenvalue weighted by molar-refractivity contribution is 0.104. The number of nitrogens with one attached hydrogen (secondary N) is 1. The van der Waals surface area contributed by atoms with Crippen molar-refractivity contribution in [1.82, 2.24) is 14.5 Å². The standard InChI is InChI=1S/C30H27Cl2N3O4/c1-2-39-29-16-28(37)23(27(36)12-10-19-9-11-21(31)15-24(19)32)14-20(29)17-34-13-5-6-22(18-34)35-26-8-4-3-7-25(26)33-30(35)38/h3-4,6-12,14-16,37H,2,5,13,17-18H2,1H3,(H,33,38)/b12-10+. The fourth-order valence-corrected chi connectivity index (χ4v) is 5.25. The van der Waals surface area contributed by atoms with Crippen molar-refractivity contribution in [3.63, 3.8) is 0 Å². The Kier molecular flexibility index (Phi) is 7.93. The van der Waals surface area contributed by atoms with Gasteiger partial charge in [-0.1, -0.05) is 47.5 Å². The van der Waals surface area contributed by atoms with Gasteiger partial charge in [0.05, 0.1) is 23.2 Å². The molecular weight excluding hydrogens is 537 g/mol. The highest BCUT2D eigenvalue weighted by molar-refractivity contribution is 6.35. The molecule has 3 aromatic carbocycles. The van der Waals surface area contributed by atoms with Crippen molar-refractivity contribution in [3.8, 4) is 11.5 Å². The number of benzene rings is 3. The van der Waals surface area contributed by atoms with Gasteiger partial charge in [-0.15, -0.1) is 0 Å². The van der Waals surface area contributed by atoms with E-state index in [1.165, 1.54) is 12.1 Å². The lowest BCUT2D eigenvalue weighted by Gasteiger charge is -2.28. The number of hydrogen-bond donors (Lipinski definition) is 2. The fourth-order valence-electron chi connectivity index (χ4n) is 4.78. The fraction of sp³-hybridized carbons (Fsp3) is 0.200. The zero-order chi connectivity index (χ0) is 27.5. The maximum atomic E-state index is 13.1. The van der Waals surface area contributed by atoms with Crippen molar-refractivity contribution in [1.29, 1.82) is 0 Å². The number of phenols is 1. The number of aromatic nitrogens is 2. The molecule has 9 heteroatoms. The Labute approximate surface area is 235 Å². The predicted molar refractivity (Wildman–Crippen MR) is 156 cm³/mol. The Morgan fingerprint density at radius 2 is 1.97 bits per heavy atom. The summed E-state index contributed by atoms with van der Waals surface area (Å²) in [5, 5.41) is 11.6. The molecule has 0 radical (unpaired) electrons. The third kappa shape index (κ3) is 5.81. The molecule has 1 aromatic heterocycles. The summed E-state index contributed by atoms with van der Waals surface area (Å²) in [6.45, 7) is 4.04. The smallest absolute Gasteiger partial charge is 0.330 e. The molecule has 200 valence electrons. The largest absolute Gasteiger partial charge is 0.507 e. The summed E-state index contributed by atoms with van der Waals surface area (Å²) in [6, 6.07) is 15.8. The molecule has 39 heavy (non-hydrogen) atoms. The van der Waals surface area contributed by atoms with E-state index in [-0.39, 0.29) is 22.8 Å². The maximum absolute atomic E-state index is 13.1. The minimum Gasteiger partial charge on any atom is -0.507 e. The minimum absolute atomic E-state index is 0.162. The molecule has 7 nitrogen and oxygen atoms in total. The summed E-state index contributed by atoms with van der Waals surface area (Å²) in [7, 11) is 0. The molecule has 0 bridgehead atoms. The molecule has 0 saturated carbocycles. The van der Waals surface area contributed by atoms with Gasteiger partial charge in [0.25, 0.3) is 0 Å². The van der Waals surface area contributed by atoms with Crippen LogP contribution in [0.4, 0.5) is 0 Å². The van der Waals surface area contributed by atoms with Gasteiger partial charge in [-0.25, -0.2) is 4.79 Å². The van der Waals surface area contributed by atoms with E-state index in [9.17, 15) is 14.7 Å². The first kappa shape index (κ1) is 26.8. The van der Waals surface area contributed by atoms with Crippen LogP contribution in [0.2, 0.25) is 10.0 Å². The highest BCUT2D eigenvalue weighted by Gasteiger charge is 2.21. The number of H-pyrrole nitrogens is 1. The van der Waals surface area contributed by atoms with E-state index in [1.807, 2.05) is 31.2 Å². The van der Waals surface area contributed by atoms with Crippen molar-refractivity contribution in [2.75, 3.05) is 19.7 Å². The SMILES string of the molecule is CCOc1cc(O)c(C(=O)/C=C/c2ccc(Cl)cc2Cl)cc1CN1CCC=C(n2c(=O)[nH]c3ccccc32)C1. The summed E-state index contributed by atoms with van der Waals surface area (Å²) >= 11 is 12.2. The molecule has 0 spiro atoms. The number of allylic oxidation sites excluding steroid dienone is 1. The summed E-state index contributed by atoms with van der Waals surface area (Å²) in [5.41, 5.74) is 3.90. The monoisotopic (exact) mass is 563 g/mol. The molecule has 2 N–H and O–H groups in total. The van der Waals surface area contributed by atoms with E-state index in [1.54, 1.807) is 34.9 Å². The Morgan fingerprint density at radius 1 is 1.15 bits per heavy atom. The number of rotatable bonds is 8. The van der Waals surface area contributed by atoms with Crippen LogP contribution in [0.25, 0.3) is 22.8 Å². The number of aromatic hydroxyl groups is 1. The Balaban J connectivity index is 1.40. The Bertz CT molecular complexity index is 1670. The molecule has 4 aromatic rings. The molecule has 1 aliphatic heterocycles. The molecule has 2 heterocycles. The van der Waals surface area contributed by atoms with Crippen LogP contribution in [0.15, 0.2) is 71.5 Å². The van der Waals surface area contributed by atoms with Gasteiger partial charge in [0, 0.05) is 47.0 Å². The molecule has 1 aliphatic rings. The van der Waals surface area contributed by atoms with Crippen LogP contribution in [0.5, 0.6) is 11.5 Å². The average molecular weight is 564 g/mol. The van der Waals surface area contributed by atoms with Crippen LogP contribution in [0.3, 0.4) is 0 Å². The van der Waals surface area contributed by atoms with Crippen molar-refractivity contribution in [3.05, 3.63) is 104 Å². The van der Waals surface area contributed by atoms with E-state index in [0.29, 0.717) is 41.1 Å². The van der Waals surface area contributed by atoms with Gasteiger partial charge < -0.3 is 14.8 Å². The van der Waals surface area contributed by atoms with Gasteiger partial charge in [-0.3, -0.25) is 14.3 Å². The van der Waals surface area contributed by atoms with Crippen LogP contribution < -0.4 is 10.4 Å². The lowest BCUT2D eigenvalue weighted by Crippen LogP contribution is -2.33. The van der Waals surface area contributed by atoms with Crippen molar-refractivity contribution in [2.24, 2.45) is 0 Å². The summed E-state index contributed by atoms with van der Waals surface area (Å²) in [6.07, 6.45) is 5.82. The van der Waals surface area contributed by atoms with Crippen LogP contribution >= 0.6 is 23.2 Å². The summed E-state index contributed by atoms with van der Waals surface area (Å²) in [4.78, 5) is 30.9. The third-order valence-electron chi connectivity index (χ3n) is 6.60. The average Bonchev–Trinajstić information content (AvgIpc) is 3.25. The Morgan fingerprint density at radius 3 is 2.77 bits per heavy atom. The number of hydrogen-bond acceptors (Lipinski definition) is 5. The first-order valence-electron chi connectivity index (χ1n) is 12.6.